The Morgan fingerprint density at radius 3 is 1.32 bits per heavy atom. The number of halogens is 9. The molecule has 1 aromatic heterocycles. The summed E-state index contributed by atoms with van der Waals surface area (Å²) in [5.74, 6) is -14.7. The van der Waals surface area contributed by atoms with E-state index in [1.54, 1.807) is 11.3 Å². The molecule has 1 rings (SSSR count). The fourth-order valence-corrected chi connectivity index (χ4v) is 1.66. The lowest BCUT2D eigenvalue weighted by molar-refractivity contribution is -0.382. The van der Waals surface area contributed by atoms with Gasteiger partial charge in [-0.05, 0) is 10.8 Å². The van der Waals surface area contributed by atoms with Gasteiger partial charge in [0.05, 0.1) is 0 Å². The van der Waals surface area contributed by atoms with Crippen molar-refractivity contribution in [1.82, 2.24) is 0 Å². The highest BCUT2D eigenvalue weighted by Gasteiger charge is 2.85. The first-order valence-electron chi connectivity index (χ1n) is 4.64. The second kappa shape index (κ2) is 6.23. The van der Waals surface area contributed by atoms with Crippen molar-refractivity contribution >= 4 is 21.5 Å². The highest BCUT2D eigenvalue weighted by Crippen LogP contribution is 2.54. The van der Waals surface area contributed by atoms with Crippen LogP contribution in [-0.2, 0) is 10.1 Å². The first-order chi connectivity index (χ1) is 9.50. The maximum absolute atomic E-state index is 12.2. The Labute approximate surface area is 121 Å². The quantitative estimate of drug-likeness (QED) is 0.632. The number of hydrogen-bond acceptors (Lipinski definition) is 3. The molecular formula is C8H5F9O3S2. The first-order valence-corrected chi connectivity index (χ1v) is 7.03. The molecule has 0 fully saturated rings. The smallest absolute Gasteiger partial charge is 0.281 e. The van der Waals surface area contributed by atoms with Gasteiger partial charge in [-0.25, -0.2) is 0 Å². The molecule has 0 amide bonds. The van der Waals surface area contributed by atoms with E-state index in [2.05, 4.69) is 0 Å². The van der Waals surface area contributed by atoms with Crippen molar-refractivity contribution in [2.24, 2.45) is 0 Å². The van der Waals surface area contributed by atoms with Crippen molar-refractivity contribution in [3.63, 3.8) is 0 Å². The molecule has 0 aliphatic carbocycles. The van der Waals surface area contributed by atoms with Gasteiger partial charge >= 0.3 is 33.4 Å². The normalized spacial score (nSPS) is 14.3. The molecule has 22 heavy (non-hydrogen) atoms. The van der Waals surface area contributed by atoms with E-state index in [-0.39, 0.29) is 0 Å². The summed E-state index contributed by atoms with van der Waals surface area (Å²) in [4.78, 5) is 0. The second-order valence-electron chi connectivity index (χ2n) is 3.43. The van der Waals surface area contributed by atoms with Crippen molar-refractivity contribution in [3.8, 4) is 0 Å². The molecule has 0 unspecified atom stereocenters. The van der Waals surface area contributed by atoms with E-state index in [0.717, 1.165) is 0 Å². The van der Waals surface area contributed by atoms with E-state index >= 15 is 0 Å². The van der Waals surface area contributed by atoms with Crippen LogP contribution in [0.4, 0.5) is 39.5 Å². The van der Waals surface area contributed by atoms with Crippen molar-refractivity contribution in [3.05, 3.63) is 22.9 Å². The number of rotatable bonds is 3. The van der Waals surface area contributed by atoms with Gasteiger partial charge in [-0.15, -0.1) is 0 Å². The van der Waals surface area contributed by atoms with Crippen LogP contribution >= 0.6 is 11.3 Å². The van der Waals surface area contributed by atoms with Crippen LogP contribution in [0.1, 0.15) is 0 Å². The molecule has 0 saturated heterocycles. The molecule has 1 heterocycles. The number of hydrogen-bond donors (Lipinski definition) is 1. The summed E-state index contributed by atoms with van der Waals surface area (Å²) in [6.07, 6.45) is -7.13. The molecule has 0 aliphatic heterocycles. The van der Waals surface area contributed by atoms with Crippen molar-refractivity contribution < 1.29 is 52.5 Å². The molecular weight excluding hydrogens is 379 g/mol. The lowest BCUT2D eigenvalue weighted by Crippen LogP contribution is -2.63. The Bertz CT molecular complexity index is 545. The molecule has 0 aliphatic rings. The highest BCUT2D eigenvalue weighted by atomic mass is 32.2. The van der Waals surface area contributed by atoms with Crippen LogP contribution < -0.4 is 0 Å². The Morgan fingerprint density at radius 2 is 1.14 bits per heavy atom. The minimum atomic E-state index is -7.37. The number of alkyl halides is 9. The van der Waals surface area contributed by atoms with Crippen molar-refractivity contribution in [2.75, 3.05) is 0 Å². The van der Waals surface area contributed by atoms with Gasteiger partial charge < -0.3 is 0 Å². The fourth-order valence-electron chi connectivity index (χ4n) is 0.750. The van der Waals surface area contributed by atoms with Gasteiger partial charge in [0.15, 0.2) is 0 Å². The average molecular weight is 384 g/mol. The fraction of sp³-hybridized carbons (Fsp3) is 0.500. The summed E-state index contributed by atoms with van der Waals surface area (Å²) < 4.78 is 134. The Morgan fingerprint density at radius 1 is 0.773 bits per heavy atom. The molecule has 3 nitrogen and oxygen atoms in total. The van der Waals surface area contributed by atoms with Gasteiger partial charge in [0.2, 0.25) is 0 Å². The van der Waals surface area contributed by atoms with Gasteiger partial charge in [-0.2, -0.15) is 59.3 Å². The Balaban J connectivity index is 0.000000734. The summed E-state index contributed by atoms with van der Waals surface area (Å²) in [6, 6.07) is 4.04. The van der Waals surface area contributed by atoms with E-state index in [9.17, 15) is 47.9 Å². The highest BCUT2D eigenvalue weighted by molar-refractivity contribution is 7.87. The summed E-state index contributed by atoms with van der Waals surface area (Å²) in [6.45, 7) is 0. The monoisotopic (exact) mass is 384 g/mol. The predicted octanol–water partition coefficient (Wildman–Crippen LogP) is 4.05. The Hall–Kier alpha value is -1.02. The minimum absolute atomic E-state index is 1.71. The molecule has 0 atom stereocenters. The summed E-state index contributed by atoms with van der Waals surface area (Å²) in [5, 5.41) is -2.92. The van der Waals surface area contributed by atoms with E-state index in [4.69, 9.17) is 4.55 Å². The molecule has 0 saturated carbocycles. The lowest BCUT2D eigenvalue weighted by Gasteiger charge is -2.31. The van der Waals surface area contributed by atoms with E-state index in [1.165, 1.54) is 0 Å². The van der Waals surface area contributed by atoms with Crippen LogP contribution in [0, 0.1) is 0 Å². The van der Waals surface area contributed by atoms with Crippen LogP contribution in [0.15, 0.2) is 22.9 Å². The Kier molecular flexibility index (Phi) is 5.94. The average Bonchev–Trinajstić information content (AvgIpc) is 2.83. The SMILES string of the molecule is O=S(=O)(O)C(F)(F)C(F)(F)C(F)(F)C(F)(F)F.c1ccsc1. The largest absolute Gasteiger partial charge is 0.460 e. The van der Waals surface area contributed by atoms with Crippen LogP contribution in [0.25, 0.3) is 0 Å². The second-order valence-corrected chi connectivity index (χ2v) is 5.71. The zero-order chi connectivity index (χ0) is 18.0. The van der Waals surface area contributed by atoms with Gasteiger partial charge in [-0.1, -0.05) is 12.1 Å². The molecule has 130 valence electrons. The molecule has 0 spiro atoms. The zero-order valence-corrected chi connectivity index (χ0v) is 11.4. The maximum Gasteiger partial charge on any atom is 0.460 e. The van der Waals surface area contributed by atoms with Gasteiger partial charge in [0.1, 0.15) is 0 Å². The third-order valence-corrected chi connectivity index (χ3v) is 3.40. The molecule has 1 aromatic rings. The van der Waals surface area contributed by atoms with Crippen molar-refractivity contribution in [1.29, 1.82) is 0 Å². The topological polar surface area (TPSA) is 54.4 Å². The predicted molar refractivity (Wildman–Crippen MR) is 56.8 cm³/mol. The zero-order valence-electron chi connectivity index (χ0n) is 9.79. The lowest BCUT2D eigenvalue weighted by atomic mass is 10.1. The number of thiophene rings is 1. The summed E-state index contributed by atoms with van der Waals surface area (Å²) >= 11 is 1.71. The first kappa shape index (κ1) is 21.0. The standard InChI is InChI=1S/C4HF9O3S.C4H4S/c5-1(6,3(9,10)11)2(7,8)4(12,13)17(14,15)16;1-2-4-5-3-1/h(H,14,15,16);1-4H. The van der Waals surface area contributed by atoms with E-state index in [0.29, 0.717) is 0 Å². The van der Waals surface area contributed by atoms with Gasteiger partial charge in [0, 0.05) is 0 Å². The van der Waals surface area contributed by atoms with Gasteiger partial charge in [-0.3, -0.25) is 4.55 Å². The summed E-state index contributed by atoms with van der Waals surface area (Å²) in [5.41, 5.74) is 0. The maximum atomic E-state index is 12.2. The molecule has 0 aromatic carbocycles. The van der Waals surface area contributed by atoms with Crippen LogP contribution in [0.5, 0.6) is 0 Å². The van der Waals surface area contributed by atoms with Gasteiger partial charge in [0.25, 0.3) is 0 Å². The summed E-state index contributed by atoms with van der Waals surface area (Å²) in [7, 11) is -7.17. The molecule has 0 bridgehead atoms. The molecule has 14 heteroatoms. The van der Waals surface area contributed by atoms with Crippen LogP contribution in [0.3, 0.4) is 0 Å². The third-order valence-electron chi connectivity index (χ3n) is 1.87. The van der Waals surface area contributed by atoms with Crippen molar-refractivity contribution in [2.45, 2.75) is 23.3 Å². The van der Waals surface area contributed by atoms with E-state index < -0.39 is 33.4 Å². The van der Waals surface area contributed by atoms with Crippen LogP contribution in [0.2, 0.25) is 0 Å². The third kappa shape index (κ3) is 3.84. The van der Waals surface area contributed by atoms with E-state index in [1.807, 2.05) is 22.9 Å². The van der Waals surface area contributed by atoms with Crippen LogP contribution in [-0.4, -0.2) is 36.2 Å². The molecule has 0 radical (unpaired) electrons. The molecule has 1 N–H and O–H groups in total. The minimum Gasteiger partial charge on any atom is -0.281 e.